The van der Waals surface area contributed by atoms with Crippen molar-refractivity contribution in [3.8, 4) is 5.75 Å². The molecule has 1 saturated heterocycles. The molecule has 1 aromatic rings. The Kier molecular flexibility index (Phi) is 5.03. The Bertz CT molecular complexity index is 613. The second kappa shape index (κ2) is 6.43. The maximum atomic E-state index is 12.5. The van der Waals surface area contributed by atoms with Crippen molar-refractivity contribution in [2.24, 2.45) is 0 Å². The van der Waals surface area contributed by atoms with Crippen molar-refractivity contribution in [1.82, 2.24) is 9.62 Å². The molecule has 0 aromatic heterocycles. The first-order valence-corrected chi connectivity index (χ1v) is 8.10. The van der Waals surface area contributed by atoms with E-state index >= 15 is 0 Å². The molecule has 2 rings (SSSR count). The standard InChI is InChI=1S/C12H15ClF2N2O3S/c1-8-7-17(5-4-16-8)21(18,19)9-2-3-11(10(13)6-9)20-12(14)15/h2-3,6,8,12,16H,4-5,7H2,1H3. The number of alkyl halides is 2. The highest BCUT2D eigenvalue weighted by Crippen LogP contribution is 2.30. The SMILES string of the molecule is CC1CN(S(=O)(=O)c2ccc(OC(F)F)c(Cl)c2)CCN1. The molecule has 0 bridgehead atoms. The zero-order valence-electron chi connectivity index (χ0n) is 11.2. The van der Waals surface area contributed by atoms with Gasteiger partial charge in [0.15, 0.2) is 0 Å². The maximum absolute atomic E-state index is 12.5. The van der Waals surface area contributed by atoms with E-state index in [-0.39, 0.29) is 21.7 Å². The van der Waals surface area contributed by atoms with Crippen LogP contribution in [-0.4, -0.2) is 45.0 Å². The van der Waals surface area contributed by atoms with Crippen molar-refractivity contribution >= 4 is 21.6 Å². The summed E-state index contributed by atoms with van der Waals surface area (Å²) in [6, 6.07) is 3.52. The molecule has 1 aromatic carbocycles. The number of benzene rings is 1. The fourth-order valence-corrected chi connectivity index (χ4v) is 3.94. The first kappa shape index (κ1) is 16.4. The largest absolute Gasteiger partial charge is 0.433 e. The van der Waals surface area contributed by atoms with E-state index in [1.807, 2.05) is 6.92 Å². The van der Waals surface area contributed by atoms with E-state index in [1.54, 1.807) is 0 Å². The molecule has 1 aliphatic rings. The second-order valence-corrected chi connectivity index (χ2v) is 7.03. The lowest BCUT2D eigenvalue weighted by Gasteiger charge is -2.31. The second-order valence-electron chi connectivity index (χ2n) is 4.69. The van der Waals surface area contributed by atoms with Crippen LogP contribution in [0.3, 0.4) is 0 Å². The Morgan fingerprint density at radius 3 is 2.76 bits per heavy atom. The van der Waals surface area contributed by atoms with Gasteiger partial charge in [-0.25, -0.2) is 8.42 Å². The Morgan fingerprint density at radius 2 is 2.19 bits per heavy atom. The third kappa shape index (κ3) is 3.82. The van der Waals surface area contributed by atoms with Gasteiger partial charge in [-0.2, -0.15) is 13.1 Å². The van der Waals surface area contributed by atoms with Crippen LogP contribution in [0.2, 0.25) is 5.02 Å². The van der Waals surface area contributed by atoms with Gasteiger partial charge in [0, 0.05) is 25.7 Å². The van der Waals surface area contributed by atoms with Gasteiger partial charge in [0.25, 0.3) is 0 Å². The monoisotopic (exact) mass is 340 g/mol. The van der Waals surface area contributed by atoms with E-state index in [4.69, 9.17) is 11.6 Å². The van der Waals surface area contributed by atoms with E-state index in [9.17, 15) is 17.2 Å². The molecule has 1 aliphatic heterocycles. The van der Waals surface area contributed by atoms with E-state index < -0.39 is 16.6 Å². The summed E-state index contributed by atoms with van der Waals surface area (Å²) in [5.74, 6) is -0.251. The summed E-state index contributed by atoms with van der Waals surface area (Å²) in [6.45, 7) is 0.114. The quantitative estimate of drug-likeness (QED) is 0.910. The molecule has 1 atom stereocenters. The topological polar surface area (TPSA) is 58.6 Å². The molecule has 0 aliphatic carbocycles. The molecule has 5 nitrogen and oxygen atoms in total. The van der Waals surface area contributed by atoms with Gasteiger partial charge in [-0.05, 0) is 25.1 Å². The lowest BCUT2D eigenvalue weighted by atomic mass is 10.3. The van der Waals surface area contributed by atoms with Crippen LogP contribution in [0.1, 0.15) is 6.92 Å². The van der Waals surface area contributed by atoms with Gasteiger partial charge in [-0.1, -0.05) is 11.6 Å². The van der Waals surface area contributed by atoms with Crippen molar-refractivity contribution in [2.75, 3.05) is 19.6 Å². The summed E-state index contributed by atoms with van der Waals surface area (Å²) in [7, 11) is -3.70. The molecular weight excluding hydrogens is 326 g/mol. The van der Waals surface area contributed by atoms with E-state index in [2.05, 4.69) is 10.1 Å². The molecule has 1 N–H and O–H groups in total. The highest BCUT2D eigenvalue weighted by atomic mass is 35.5. The first-order valence-electron chi connectivity index (χ1n) is 6.28. The lowest BCUT2D eigenvalue weighted by molar-refractivity contribution is -0.0498. The average molecular weight is 341 g/mol. The molecule has 1 unspecified atom stereocenters. The van der Waals surface area contributed by atoms with E-state index in [0.717, 1.165) is 12.1 Å². The van der Waals surface area contributed by atoms with Crippen molar-refractivity contribution in [2.45, 2.75) is 24.5 Å². The third-order valence-corrected chi connectivity index (χ3v) is 5.25. The van der Waals surface area contributed by atoms with Crippen molar-refractivity contribution in [3.63, 3.8) is 0 Å². The van der Waals surface area contributed by atoms with Crippen molar-refractivity contribution < 1.29 is 21.9 Å². The predicted octanol–water partition coefficient (Wildman–Crippen LogP) is 1.92. The zero-order valence-corrected chi connectivity index (χ0v) is 12.8. The number of piperazine rings is 1. The van der Waals surface area contributed by atoms with Gasteiger partial charge >= 0.3 is 6.61 Å². The van der Waals surface area contributed by atoms with Gasteiger partial charge in [0.05, 0.1) is 9.92 Å². The van der Waals surface area contributed by atoms with Crippen LogP contribution in [0.5, 0.6) is 5.75 Å². The maximum Gasteiger partial charge on any atom is 0.387 e. The summed E-state index contributed by atoms with van der Waals surface area (Å²) < 4.78 is 54.8. The molecular formula is C12H15ClF2N2O3S. The minimum absolute atomic E-state index is 0.0387. The van der Waals surface area contributed by atoms with Crippen LogP contribution in [0.25, 0.3) is 0 Å². The molecule has 0 spiro atoms. The minimum Gasteiger partial charge on any atom is -0.433 e. The molecule has 0 radical (unpaired) electrons. The van der Waals surface area contributed by atoms with E-state index in [1.165, 1.54) is 10.4 Å². The molecule has 21 heavy (non-hydrogen) atoms. The molecule has 1 heterocycles. The summed E-state index contributed by atoms with van der Waals surface area (Å²) in [6.07, 6.45) is 0. The predicted molar refractivity (Wildman–Crippen MR) is 74.3 cm³/mol. The van der Waals surface area contributed by atoms with Gasteiger partial charge in [-0.3, -0.25) is 0 Å². The fraction of sp³-hybridized carbons (Fsp3) is 0.500. The molecule has 0 amide bonds. The summed E-state index contributed by atoms with van der Waals surface area (Å²) >= 11 is 5.79. The van der Waals surface area contributed by atoms with Crippen LogP contribution in [-0.2, 0) is 10.0 Å². The summed E-state index contributed by atoms with van der Waals surface area (Å²) in [5, 5.41) is 2.97. The Labute approximate surface area is 126 Å². The molecule has 9 heteroatoms. The van der Waals surface area contributed by atoms with Gasteiger partial charge in [0.2, 0.25) is 10.0 Å². The first-order chi connectivity index (χ1) is 9.80. The number of ether oxygens (including phenoxy) is 1. The minimum atomic E-state index is -3.70. The van der Waals surface area contributed by atoms with E-state index in [0.29, 0.717) is 19.6 Å². The zero-order chi connectivity index (χ0) is 15.6. The van der Waals surface area contributed by atoms with Crippen LogP contribution in [0.4, 0.5) is 8.78 Å². The summed E-state index contributed by atoms with van der Waals surface area (Å²) in [5.41, 5.74) is 0. The average Bonchev–Trinajstić information content (AvgIpc) is 2.40. The number of hydrogen-bond acceptors (Lipinski definition) is 4. The Morgan fingerprint density at radius 1 is 1.48 bits per heavy atom. The van der Waals surface area contributed by atoms with Crippen molar-refractivity contribution in [3.05, 3.63) is 23.2 Å². The molecule has 0 saturated carbocycles. The number of nitrogens with zero attached hydrogens (tertiary/aromatic N) is 1. The number of rotatable bonds is 4. The third-order valence-electron chi connectivity index (χ3n) is 3.09. The highest BCUT2D eigenvalue weighted by molar-refractivity contribution is 7.89. The van der Waals surface area contributed by atoms with Crippen LogP contribution < -0.4 is 10.1 Å². The van der Waals surface area contributed by atoms with Crippen LogP contribution in [0, 0.1) is 0 Å². The van der Waals surface area contributed by atoms with Crippen LogP contribution >= 0.6 is 11.6 Å². The number of halogens is 3. The van der Waals surface area contributed by atoms with Crippen molar-refractivity contribution in [1.29, 1.82) is 0 Å². The number of nitrogens with one attached hydrogen (secondary N) is 1. The normalized spacial score (nSPS) is 20.7. The smallest absolute Gasteiger partial charge is 0.387 e. The molecule has 118 valence electrons. The lowest BCUT2D eigenvalue weighted by Crippen LogP contribution is -2.51. The Balaban J connectivity index is 2.26. The van der Waals surface area contributed by atoms with Gasteiger partial charge in [0.1, 0.15) is 5.75 Å². The number of hydrogen-bond donors (Lipinski definition) is 1. The summed E-state index contributed by atoms with van der Waals surface area (Å²) in [4.78, 5) is -0.0387. The van der Waals surface area contributed by atoms with Crippen LogP contribution in [0.15, 0.2) is 23.1 Å². The van der Waals surface area contributed by atoms with Gasteiger partial charge < -0.3 is 10.1 Å². The number of sulfonamides is 1. The van der Waals surface area contributed by atoms with Gasteiger partial charge in [-0.15, -0.1) is 0 Å². The Hall–Kier alpha value is -0.960. The molecule has 1 fully saturated rings. The highest BCUT2D eigenvalue weighted by Gasteiger charge is 2.29. The fourth-order valence-electron chi connectivity index (χ4n) is 2.10.